The van der Waals surface area contributed by atoms with Crippen LogP contribution < -0.4 is 10.2 Å². The highest BCUT2D eigenvalue weighted by Crippen LogP contribution is 2.26. The first-order chi connectivity index (χ1) is 8.20. The van der Waals surface area contributed by atoms with Crippen LogP contribution in [0.2, 0.25) is 0 Å². The van der Waals surface area contributed by atoms with Gasteiger partial charge >= 0.3 is 5.69 Å². The number of nitrogens with one attached hydrogen (secondary N) is 1. The lowest BCUT2D eigenvalue weighted by Gasteiger charge is -2.32. The largest absolute Gasteiger partial charge is 0.350 e. The highest BCUT2D eigenvalue weighted by Gasteiger charge is 2.24. The van der Waals surface area contributed by atoms with Crippen molar-refractivity contribution in [3.63, 3.8) is 0 Å². The molecule has 1 saturated heterocycles. The fourth-order valence-electron chi connectivity index (χ4n) is 2.14. The summed E-state index contributed by atoms with van der Waals surface area (Å²) in [5.74, 6) is 0.450. The summed E-state index contributed by atoms with van der Waals surface area (Å²) >= 11 is 0. The molecule has 18 heavy (non-hydrogen) atoms. The first-order valence-corrected chi connectivity index (χ1v) is 5.73. The number of aromatic nitrogens is 1. The first kappa shape index (κ1) is 14.7. The lowest BCUT2D eigenvalue weighted by Crippen LogP contribution is -2.44. The predicted octanol–water partition coefficient (Wildman–Crippen LogP) is 1.60. The van der Waals surface area contributed by atoms with Gasteiger partial charge in [0, 0.05) is 31.9 Å². The molecule has 0 saturated carbocycles. The van der Waals surface area contributed by atoms with Gasteiger partial charge in [0.1, 0.15) is 0 Å². The van der Waals surface area contributed by atoms with Gasteiger partial charge in [-0.05, 0) is 25.5 Å². The number of piperidine rings is 1. The van der Waals surface area contributed by atoms with Gasteiger partial charge < -0.3 is 10.2 Å². The predicted molar refractivity (Wildman–Crippen MR) is 72.4 cm³/mol. The summed E-state index contributed by atoms with van der Waals surface area (Å²) < 4.78 is 0. The summed E-state index contributed by atoms with van der Waals surface area (Å²) in [6.07, 6.45) is 3.72. The Balaban J connectivity index is 0.00000162. The van der Waals surface area contributed by atoms with E-state index in [1.165, 1.54) is 6.07 Å². The molecule has 1 aliphatic rings. The molecule has 100 valence electrons. The number of pyridine rings is 1. The summed E-state index contributed by atoms with van der Waals surface area (Å²) in [7, 11) is 1.87. The minimum absolute atomic E-state index is 0. The maximum Gasteiger partial charge on any atom is 0.311 e. The van der Waals surface area contributed by atoms with Crippen LogP contribution in [0.15, 0.2) is 18.3 Å². The Kier molecular flexibility index (Phi) is 5.30. The molecule has 0 amide bonds. The van der Waals surface area contributed by atoms with Gasteiger partial charge in [-0.3, -0.25) is 10.1 Å². The molecule has 0 spiro atoms. The van der Waals surface area contributed by atoms with E-state index in [9.17, 15) is 10.1 Å². The highest BCUT2D eigenvalue weighted by atomic mass is 35.5. The van der Waals surface area contributed by atoms with Gasteiger partial charge in [0.2, 0.25) is 5.82 Å². The molecule has 0 unspecified atom stereocenters. The van der Waals surface area contributed by atoms with Crippen LogP contribution >= 0.6 is 12.4 Å². The lowest BCUT2D eigenvalue weighted by atomic mass is 10.1. The monoisotopic (exact) mass is 272 g/mol. The zero-order valence-corrected chi connectivity index (χ0v) is 11.0. The van der Waals surface area contributed by atoms with E-state index < -0.39 is 0 Å². The van der Waals surface area contributed by atoms with E-state index >= 15 is 0 Å². The summed E-state index contributed by atoms with van der Waals surface area (Å²) in [4.78, 5) is 16.6. The van der Waals surface area contributed by atoms with Crippen LogP contribution in [0.3, 0.4) is 0 Å². The minimum Gasteiger partial charge on any atom is -0.350 e. The molecule has 6 nitrogen and oxygen atoms in total. The lowest BCUT2D eigenvalue weighted by molar-refractivity contribution is -0.384. The third-order valence-electron chi connectivity index (χ3n) is 3.12. The molecule has 0 aliphatic carbocycles. The highest BCUT2D eigenvalue weighted by molar-refractivity contribution is 5.85. The number of likely N-dealkylation sites (N-methyl/N-ethyl adjacent to an activating group) is 1. The summed E-state index contributed by atoms with van der Waals surface area (Å²) in [6.45, 7) is 1.87. The second kappa shape index (κ2) is 6.51. The molecule has 2 rings (SSSR count). The zero-order valence-electron chi connectivity index (χ0n) is 10.2. The van der Waals surface area contributed by atoms with Gasteiger partial charge in [-0.2, -0.15) is 0 Å². The maximum atomic E-state index is 10.9. The Hall–Kier alpha value is -1.40. The molecule has 7 heteroatoms. The van der Waals surface area contributed by atoms with Crippen LogP contribution in [0, 0.1) is 10.1 Å². The number of nitrogens with zero attached hydrogens (tertiary/aromatic N) is 3. The Labute approximate surface area is 112 Å². The fraction of sp³-hybridized carbons (Fsp3) is 0.545. The SMILES string of the molecule is CN(c1ncccc1[N+](=O)[O-])[C@H]1CCCNC1.Cl. The van der Waals surface area contributed by atoms with Crippen molar-refractivity contribution in [2.24, 2.45) is 0 Å². The van der Waals surface area contributed by atoms with E-state index in [0.717, 1.165) is 25.9 Å². The number of rotatable bonds is 3. The third-order valence-corrected chi connectivity index (χ3v) is 3.12. The number of hydrogen-bond acceptors (Lipinski definition) is 5. The van der Waals surface area contributed by atoms with E-state index in [4.69, 9.17) is 0 Å². The Morgan fingerprint density at radius 3 is 3.00 bits per heavy atom. The second-order valence-electron chi connectivity index (χ2n) is 4.21. The zero-order chi connectivity index (χ0) is 12.3. The fourth-order valence-corrected chi connectivity index (χ4v) is 2.14. The maximum absolute atomic E-state index is 10.9. The van der Waals surface area contributed by atoms with E-state index in [2.05, 4.69) is 10.3 Å². The van der Waals surface area contributed by atoms with Crippen molar-refractivity contribution >= 4 is 23.9 Å². The summed E-state index contributed by atoms with van der Waals surface area (Å²) in [6, 6.07) is 3.36. The van der Waals surface area contributed by atoms with Crippen LogP contribution in [0.4, 0.5) is 11.5 Å². The molecule has 1 fully saturated rings. The van der Waals surface area contributed by atoms with Gasteiger partial charge in [-0.1, -0.05) is 0 Å². The van der Waals surface area contributed by atoms with Crippen molar-refractivity contribution in [2.45, 2.75) is 18.9 Å². The molecule has 1 aliphatic heterocycles. The van der Waals surface area contributed by atoms with Crippen molar-refractivity contribution in [3.05, 3.63) is 28.4 Å². The summed E-state index contributed by atoms with van der Waals surface area (Å²) in [5.41, 5.74) is 0.0700. The van der Waals surface area contributed by atoms with Crippen molar-refractivity contribution in [1.82, 2.24) is 10.3 Å². The second-order valence-corrected chi connectivity index (χ2v) is 4.21. The molecule has 1 aromatic heterocycles. The van der Waals surface area contributed by atoms with Gasteiger partial charge in [-0.15, -0.1) is 12.4 Å². The van der Waals surface area contributed by atoms with Gasteiger partial charge in [0.25, 0.3) is 0 Å². The van der Waals surface area contributed by atoms with Gasteiger partial charge in [0.15, 0.2) is 0 Å². The quantitative estimate of drug-likeness (QED) is 0.668. The molecule has 2 heterocycles. The van der Waals surface area contributed by atoms with Crippen LogP contribution in [0.25, 0.3) is 0 Å². The molecule has 0 aromatic carbocycles. The Bertz CT molecular complexity index is 410. The van der Waals surface area contributed by atoms with Crippen molar-refractivity contribution in [2.75, 3.05) is 25.0 Å². The van der Waals surface area contributed by atoms with Crippen molar-refractivity contribution < 1.29 is 4.92 Å². The van der Waals surface area contributed by atoms with Crippen LogP contribution in [-0.2, 0) is 0 Å². The van der Waals surface area contributed by atoms with Gasteiger partial charge in [-0.25, -0.2) is 4.98 Å². The topological polar surface area (TPSA) is 71.3 Å². The van der Waals surface area contributed by atoms with Crippen LogP contribution in [-0.4, -0.2) is 36.1 Å². The van der Waals surface area contributed by atoms with Crippen molar-refractivity contribution in [1.29, 1.82) is 0 Å². The number of anilines is 1. The molecule has 1 N–H and O–H groups in total. The first-order valence-electron chi connectivity index (χ1n) is 5.73. The Morgan fingerprint density at radius 1 is 1.61 bits per heavy atom. The molecular formula is C11H17ClN4O2. The van der Waals surface area contributed by atoms with Crippen LogP contribution in [0.1, 0.15) is 12.8 Å². The van der Waals surface area contributed by atoms with E-state index in [-0.39, 0.29) is 29.1 Å². The minimum atomic E-state index is -0.380. The smallest absolute Gasteiger partial charge is 0.311 e. The average molecular weight is 273 g/mol. The average Bonchev–Trinajstić information content (AvgIpc) is 2.39. The normalized spacial score (nSPS) is 18.8. The standard InChI is InChI=1S/C11H16N4O2.ClH/c1-14(9-4-2-6-12-8-9)11-10(15(16)17)5-3-7-13-11;/h3,5,7,9,12H,2,4,6,8H2,1H3;1H/t9-;/m0./s1. The molecule has 1 aromatic rings. The molecular weight excluding hydrogens is 256 g/mol. The molecule has 1 atom stereocenters. The molecule has 0 radical (unpaired) electrons. The van der Waals surface area contributed by atoms with E-state index in [1.807, 2.05) is 11.9 Å². The van der Waals surface area contributed by atoms with E-state index in [0.29, 0.717) is 5.82 Å². The number of halogens is 1. The Morgan fingerprint density at radius 2 is 2.39 bits per heavy atom. The molecule has 0 bridgehead atoms. The number of nitro groups is 1. The van der Waals surface area contributed by atoms with Gasteiger partial charge in [0.05, 0.1) is 4.92 Å². The van der Waals surface area contributed by atoms with Crippen molar-refractivity contribution in [3.8, 4) is 0 Å². The number of hydrogen-bond donors (Lipinski definition) is 1. The van der Waals surface area contributed by atoms with E-state index in [1.54, 1.807) is 12.3 Å². The summed E-state index contributed by atoms with van der Waals surface area (Å²) in [5, 5.41) is 14.2. The third kappa shape index (κ3) is 3.08. The van der Waals surface area contributed by atoms with Crippen LogP contribution in [0.5, 0.6) is 0 Å².